The Morgan fingerprint density at radius 2 is 2.22 bits per heavy atom. The number of carbonyl (C=O) groups excluding carboxylic acids is 2. The Kier molecular flexibility index (Phi) is 3.72. The number of aromatic hydroxyl groups is 1. The van der Waals surface area contributed by atoms with Gasteiger partial charge >= 0.3 is 0 Å². The molecule has 2 rings (SSSR count). The first-order valence-corrected chi connectivity index (χ1v) is 6.00. The molecule has 0 spiro atoms. The molecule has 96 valence electrons. The Balaban J connectivity index is 2.24. The van der Waals surface area contributed by atoms with Crippen LogP contribution in [0.1, 0.15) is 16.8 Å². The third-order valence-electron chi connectivity index (χ3n) is 2.73. The number of halogens is 1. The number of benzene rings is 1. The first-order chi connectivity index (χ1) is 8.58. The van der Waals surface area contributed by atoms with Crippen LogP contribution < -0.4 is 5.32 Å². The quantitative estimate of drug-likeness (QED) is 0.799. The number of carbonyl (C=O) groups is 2. The van der Waals surface area contributed by atoms with Crippen LogP contribution in [0.3, 0.4) is 0 Å². The van der Waals surface area contributed by atoms with Crippen LogP contribution in [0, 0.1) is 0 Å². The first-order valence-electron chi connectivity index (χ1n) is 5.62. The fourth-order valence-corrected chi connectivity index (χ4v) is 2.03. The second-order valence-electron chi connectivity index (χ2n) is 4.09. The maximum absolute atomic E-state index is 12.2. The van der Waals surface area contributed by atoms with Crippen LogP contribution in [0.15, 0.2) is 18.2 Å². The highest BCUT2D eigenvalue weighted by Crippen LogP contribution is 2.22. The topological polar surface area (TPSA) is 69.6 Å². The molecule has 18 heavy (non-hydrogen) atoms. The standard InChI is InChI=1S/C12H13ClN2O3/c13-10-3-2-8(16)6-9(10)12(18)15-5-1-4-14-11(17)7-15/h2-3,6,16H,1,4-5,7H2,(H,14,17). The van der Waals surface area contributed by atoms with Crippen molar-refractivity contribution in [1.29, 1.82) is 0 Å². The molecule has 0 radical (unpaired) electrons. The van der Waals surface area contributed by atoms with Gasteiger partial charge in [-0.3, -0.25) is 9.59 Å². The van der Waals surface area contributed by atoms with E-state index in [0.29, 0.717) is 19.5 Å². The van der Waals surface area contributed by atoms with Gasteiger partial charge < -0.3 is 15.3 Å². The number of nitrogens with one attached hydrogen (secondary N) is 1. The van der Waals surface area contributed by atoms with Gasteiger partial charge in [-0.25, -0.2) is 0 Å². The van der Waals surface area contributed by atoms with E-state index in [1.807, 2.05) is 0 Å². The van der Waals surface area contributed by atoms with Crippen LogP contribution in [0.25, 0.3) is 0 Å². The van der Waals surface area contributed by atoms with Gasteiger partial charge in [-0.2, -0.15) is 0 Å². The van der Waals surface area contributed by atoms with Crippen LogP contribution >= 0.6 is 11.6 Å². The lowest BCUT2D eigenvalue weighted by Crippen LogP contribution is -2.37. The van der Waals surface area contributed by atoms with Crippen LogP contribution in [-0.4, -0.2) is 41.5 Å². The van der Waals surface area contributed by atoms with Crippen LogP contribution in [0.4, 0.5) is 0 Å². The monoisotopic (exact) mass is 268 g/mol. The minimum Gasteiger partial charge on any atom is -0.508 e. The zero-order chi connectivity index (χ0) is 13.1. The molecule has 1 saturated heterocycles. The third kappa shape index (κ3) is 2.73. The van der Waals surface area contributed by atoms with Crippen molar-refractivity contribution >= 4 is 23.4 Å². The lowest BCUT2D eigenvalue weighted by Gasteiger charge is -2.19. The highest BCUT2D eigenvalue weighted by Gasteiger charge is 2.22. The van der Waals surface area contributed by atoms with E-state index >= 15 is 0 Å². The normalized spacial score (nSPS) is 16.1. The third-order valence-corrected chi connectivity index (χ3v) is 3.06. The molecule has 0 unspecified atom stereocenters. The summed E-state index contributed by atoms with van der Waals surface area (Å²) in [4.78, 5) is 25.0. The number of rotatable bonds is 1. The van der Waals surface area contributed by atoms with Gasteiger partial charge in [0, 0.05) is 13.1 Å². The molecule has 0 aromatic heterocycles. The molecule has 1 aromatic rings. The average Bonchev–Trinajstić information content (AvgIpc) is 2.56. The molecular weight excluding hydrogens is 256 g/mol. The van der Waals surface area contributed by atoms with Gasteiger partial charge in [0.15, 0.2) is 0 Å². The molecule has 0 aliphatic carbocycles. The molecule has 5 nitrogen and oxygen atoms in total. The Morgan fingerprint density at radius 3 is 3.00 bits per heavy atom. The molecule has 6 heteroatoms. The van der Waals surface area contributed by atoms with Crippen LogP contribution in [0.2, 0.25) is 5.02 Å². The van der Waals surface area contributed by atoms with Gasteiger partial charge in [0.2, 0.25) is 5.91 Å². The van der Waals surface area contributed by atoms with E-state index in [4.69, 9.17) is 11.6 Å². The molecule has 1 aromatic carbocycles. The minimum absolute atomic E-state index is 0.0187. The molecular formula is C12H13ClN2O3. The van der Waals surface area contributed by atoms with E-state index < -0.39 is 0 Å². The maximum atomic E-state index is 12.2. The zero-order valence-electron chi connectivity index (χ0n) is 9.65. The van der Waals surface area contributed by atoms with E-state index in [-0.39, 0.29) is 34.7 Å². The van der Waals surface area contributed by atoms with Crippen LogP contribution in [-0.2, 0) is 4.79 Å². The summed E-state index contributed by atoms with van der Waals surface area (Å²) in [7, 11) is 0. The Morgan fingerprint density at radius 1 is 1.44 bits per heavy atom. The van der Waals surface area contributed by atoms with Gasteiger partial charge in [0.25, 0.3) is 5.91 Å². The van der Waals surface area contributed by atoms with E-state index in [9.17, 15) is 14.7 Å². The second-order valence-corrected chi connectivity index (χ2v) is 4.50. The first kappa shape index (κ1) is 12.7. The fraction of sp³-hybridized carbons (Fsp3) is 0.333. The summed E-state index contributed by atoms with van der Waals surface area (Å²) in [6.45, 7) is 1.07. The largest absolute Gasteiger partial charge is 0.508 e. The Labute approximate surface area is 109 Å². The molecule has 0 bridgehead atoms. The average molecular weight is 269 g/mol. The molecule has 1 aliphatic heterocycles. The molecule has 2 amide bonds. The number of phenolic OH excluding ortho intramolecular Hbond substituents is 1. The van der Waals surface area contributed by atoms with Gasteiger partial charge in [-0.15, -0.1) is 0 Å². The Bertz CT molecular complexity index is 490. The zero-order valence-corrected chi connectivity index (χ0v) is 10.4. The molecule has 1 aliphatic rings. The smallest absolute Gasteiger partial charge is 0.255 e. The summed E-state index contributed by atoms with van der Waals surface area (Å²) in [5.41, 5.74) is 0.214. The van der Waals surface area contributed by atoms with Crippen molar-refractivity contribution in [1.82, 2.24) is 10.2 Å². The highest BCUT2D eigenvalue weighted by molar-refractivity contribution is 6.33. The molecule has 1 heterocycles. The van der Waals surface area contributed by atoms with Crippen molar-refractivity contribution in [3.8, 4) is 5.75 Å². The SMILES string of the molecule is O=C1CN(C(=O)c2cc(O)ccc2Cl)CCCN1. The van der Waals surface area contributed by atoms with Gasteiger partial charge in [0.05, 0.1) is 17.1 Å². The number of hydrogen-bond donors (Lipinski definition) is 2. The number of hydrogen-bond acceptors (Lipinski definition) is 3. The van der Waals surface area contributed by atoms with Crippen molar-refractivity contribution in [2.45, 2.75) is 6.42 Å². The minimum atomic E-state index is -0.340. The maximum Gasteiger partial charge on any atom is 0.255 e. The summed E-state index contributed by atoms with van der Waals surface area (Å²) in [6.07, 6.45) is 0.702. The summed E-state index contributed by atoms with van der Waals surface area (Å²) < 4.78 is 0. The lowest BCUT2D eigenvalue weighted by atomic mass is 10.2. The number of nitrogens with zero attached hydrogens (tertiary/aromatic N) is 1. The second kappa shape index (κ2) is 5.27. The van der Waals surface area contributed by atoms with Crippen molar-refractivity contribution in [3.63, 3.8) is 0 Å². The molecule has 0 saturated carbocycles. The fourth-order valence-electron chi connectivity index (χ4n) is 1.83. The number of phenols is 1. The lowest BCUT2D eigenvalue weighted by molar-refractivity contribution is -0.121. The van der Waals surface area contributed by atoms with Crippen molar-refractivity contribution in [2.75, 3.05) is 19.6 Å². The van der Waals surface area contributed by atoms with Gasteiger partial charge in [0.1, 0.15) is 5.75 Å². The van der Waals surface area contributed by atoms with Gasteiger partial charge in [-0.05, 0) is 24.6 Å². The Hall–Kier alpha value is -1.75. The summed E-state index contributed by atoms with van der Waals surface area (Å²) in [6, 6.07) is 4.18. The van der Waals surface area contributed by atoms with E-state index in [0.717, 1.165) is 0 Å². The van der Waals surface area contributed by atoms with Crippen molar-refractivity contribution in [3.05, 3.63) is 28.8 Å². The van der Waals surface area contributed by atoms with Crippen molar-refractivity contribution < 1.29 is 14.7 Å². The predicted octanol–water partition coefficient (Wildman–Crippen LogP) is 1.01. The highest BCUT2D eigenvalue weighted by atomic mass is 35.5. The van der Waals surface area contributed by atoms with Gasteiger partial charge in [-0.1, -0.05) is 11.6 Å². The van der Waals surface area contributed by atoms with E-state index in [2.05, 4.69) is 5.32 Å². The van der Waals surface area contributed by atoms with E-state index in [1.165, 1.54) is 23.1 Å². The molecule has 0 atom stereocenters. The summed E-state index contributed by atoms with van der Waals surface area (Å²) in [5, 5.41) is 12.3. The molecule has 2 N–H and O–H groups in total. The molecule has 1 fully saturated rings. The van der Waals surface area contributed by atoms with Crippen LogP contribution in [0.5, 0.6) is 5.75 Å². The predicted molar refractivity (Wildman–Crippen MR) is 66.6 cm³/mol. The summed E-state index contributed by atoms with van der Waals surface area (Å²) >= 11 is 5.93. The summed E-state index contributed by atoms with van der Waals surface area (Å²) in [5.74, 6) is -0.549. The number of amides is 2. The van der Waals surface area contributed by atoms with Crippen molar-refractivity contribution in [2.24, 2.45) is 0 Å². The van der Waals surface area contributed by atoms with E-state index in [1.54, 1.807) is 0 Å².